The van der Waals surface area contributed by atoms with Crippen molar-refractivity contribution in [2.24, 2.45) is 0 Å². The van der Waals surface area contributed by atoms with Gasteiger partial charge in [0.15, 0.2) is 5.11 Å². The number of aromatic hydroxyl groups is 1. The number of anilines is 2. The minimum absolute atomic E-state index is 0.0818. The van der Waals surface area contributed by atoms with Crippen LogP contribution < -0.4 is 20.3 Å². The van der Waals surface area contributed by atoms with E-state index in [2.05, 4.69) is 20.2 Å². The number of amides is 1. The number of rotatable bonds is 8. The third-order valence-corrected chi connectivity index (χ3v) is 6.63. The van der Waals surface area contributed by atoms with Gasteiger partial charge in [-0.1, -0.05) is 6.07 Å². The van der Waals surface area contributed by atoms with E-state index in [1.807, 2.05) is 65.7 Å². The molecule has 9 nitrogen and oxygen atoms in total. The molecule has 1 amide bonds. The van der Waals surface area contributed by atoms with E-state index >= 15 is 0 Å². The van der Waals surface area contributed by atoms with Gasteiger partial charge in [0.1, 0.15) is 24.1 Å². The molecule has 1 saturated heterocycles. The van der Waals surface area contributed by atoms with E-state index in [4.69, 9.17) is 21.7 Å². The molecule has 0 spiro atoms. The Morgan fingerprint density at radius 1 is 1.08 bits per heavy atom. The summed E-state index contributed by atoms with van der Waals surface area (Å²) in [6.45, 7) is -0.0818. The number of carbonyl (C=O) groups is 1. The average molecular weight is 530 g/mol. The highest BCUT2D eigenvalue weighted by molar-refractivity contribution is 7.80. The summed E-state index contributed by atoms with van der Waals surface area (Å²) in [5.41, 5.74) is 3.95. The summed E-state index contributed by atoms with van der Waals surface area (Å²) in [7, 11) is 3.01. The zero-order valence-electron chi connectivity index (χ0n) is 20.9. The van der Waals surface area contributed by atoms with Gasteiger partial charge in [-0.05, 0) is 78.9 Å². The van der Waals surface area contributed by atoms with E-state index in [0.717, 1.165) is 22.8 Å². The van der Waals surface area contributed by atoms with Crippen molar-refractivity contribution in [3.8, 4) is 17.2 Å². The molecule has 1 aliphatic rings. The Kier molecular flexibility index (Phi) is 7.25. The number of phenols is 1. The molecule has 3 heterocycles. The van der Waals surface area contributed by atoms with Crippen molar-refractivity contribution in [1.82, 2.24) is 14.9 Å². The van der Waals surface area contributed by atoms with Gasteiger partial charge < -0.3 is 34.7 Å². The van der Waals surface area contributed by atoms with Crippen LogP contribution in [0.25, 0.3) is 5.69 Å². The number of nitrogens with one attached hydrogen (secondary N) is 2. The summed E-state index contributed by atoms with van der Waals surface area (Å²) in [6.07, 6.45) is 3.73. The quantitative estimate of drug-likeness (QED) is 0.290. The number of pyridine rings is 1. The molecule has 1 aliphatic heterocycles. The number of thiocarbonyl (C=S) groups is 1. The molecule has 0 bridgehead atoms. The predicted molar refractivity (Wildman–Crippen MR) is 149 cm³/mol. The molecule has 0 saturated carbocycles. The first kappa shape index (κ1) is 25.2. The minimum Gasteiger partial charge on any atom is -0.508 e. The van der Waals surface area contributed by atoms with E-state index in [1.54, 1.807) is 31.5 Å². The lowest BCUT2D eigenvalue weighted by Gasteiger charge is -2.29. The second kappa shape index (κ2) is 10.9. The van der Waals surface area contributed by atoms with Gasteiger partial charge in [0.05, 0.1) is 24.5 Å². The molecule has 0 unspecified atom stereocenters. The molecule has 1 fully saturated rings. The first-order valence-electron chi connectivity index (χ1n) is 11.9. The van der Waals surface area contributed by atoms with Gasteiger partial charge in [-0.15, -0.1) is 0 Å². The third-order valence-electron chi connectivity index (χ3n) is 6.32. The third kappa shape index (κ3) is 4.91. The maximum atomic E-state index is 12.3. The molecule has 10 heteroatoms. The van der Waals surface area contributed by atoms with Gasteiger partial charge >= 0.3 is 0 Å². The highest BCUT2D eigenvalue weighted by Crippen LogP contribution is 2.43. The van der Waals surface area contributed by atoms with Gasteiger partial charge in [-0.2, -0.15) is 0 Å². The highest BCUT2D eigenvalue weighted by atomic mass is 32.1. The van der Waals surface area contributed by atoms with E-state index in [-0.39, 0.29) is 30.3 Å². The van der Waals surface area contributed by atoms with Crippen LogP contribution in [0.15, 0.2) is 85.2 Å². The zero-order valence-corrected chi connectivity index (χ0v) is 21.7. The van der Waals surface area contributed by atoms with Gasteiger partial charge in [0.2, 0.25) is 5.91 Å². The van der Waals surface area contributed by atoms with Crippen molar-refractivity contribution in [1.29, 1.82) is 0 Å². The fourth-order valence-corrected chi connectivity index (χ4v) is 5.02. The van der Waals surface area contributed by atoms with Crippen LogP contribution in [-0.2, 0) is 9.53 Å². The first-order chi connectivity index (χ1) is 18.5. The SMILES string of the molecule is COCC(=O)Nc1cc(N2C(=S)N[C@H](c3ccccn3)[C@@H]2c2cccn2-c2ccc(O)cc2)ccc1OC. The largest absolute Gasteiger partial charge is 0.508 e. The Bertz CT molecular complexity index is 1440. The Balaban J connectivity index is 1.62. The normalized spacial score (nSPS) is 16.8. The molecule has 2 atom stereocenters. The smallest absolute Gasteiger partial charge is 0.250 e. The Hall–Kier alpha value is -4.41. The lowest BCUT2D eigenvalue weighted by Crippen LogP contribution is -2.30. The molecule has 2 aromatic carbocycles. The molecule has 4 aromatic rings. The van der Waals surface area contributed by atoms with Crippen molar-refractivity contribution in [3.63, 3.8) is 0 Å². The number of carbonyl (C=O) groups excluding carboxylic acids is 1. The second-order valence-corrected chi connectivity index (χ2v) is 9.07. The minimum atomic E-state index is -0.297. The molecule has 194 valence electrons. The standard InChI is InChI=1S/C28H27N5O4S/c1-36-17-25(35)30-22-16-19(10-13-24(22)37-2)33-27(26(31-28(33)38)21-6-3-4-14-29-21)23-7-5-15-32(23)18-8-11-20(34)12-9-18/h3-16,26-27,34H,17H2,1-2H3,(H,30,35)(H,31,38)/t26-,27+/m1/s1. The number of methoxy groups -OCH3 is 2. The summed E-state index contributed by atoms with van der Waals surface area (Å²) < 4.78 is 12.5. The molecule has 5 rings (SSSR count). The van der Waals surface area contributed by atoms with Crippen molar-refractivity contribution < 1.29 is 19.4 Å². The van der Waals surface area contributed by atoms with Crippen LogP contribution in [0.3, 0.4) is 0 Å². The second-order valence-electron chi connectivity index (χ2n) is 8.68. The summed E-state index contributed by atoms with van der Waals surface area (Å²) in [4.78, 5) is 19.0. The lowest BCUT2D eigenvalue weighted by atomic mass is 10.0. The van der Waals surface area contributed by atoms with Crippen LogP contribution in [0.4, 0.5) is 11.4 Å². The van der Waals surface area contributed by atoms with Crippen molar-refractivity contribution in [2.45, 2.75) is 12.1 Å². The van der Waals surface area contributed by atoms with E-state index in [1.165, 1.54) is 7.11 Å². The molecule has 2 aromatic heterocycles. The molecule has 0 aliphatic carbocycles. The average Bonchev–Trinajstić information content (AvgIpc) is 3.54. The van der Waals surface area contributed by atoms with Crippen LogP contribution >= 0.6 is 12.2 Å². The summed E-state index contributed by atoms with van der Waals surface area (Å²) in [5, 5.41) is 16.6. The number of aromatic nitrogens is 2. The zero-order chi connectivity index (χ0) is 26.6. The fraction of sp³-hybridized carbons (Fsp3) is 0.179. The van der Waals surface area contributed by atoms with Crippen LogP contribution in [-0.4, -0.2) is 46.5 Å². The molecule has 38 heavy (non-hydrogen) atoms. The van der Waals surface area contributed by atoms with E-state index in [0.29, 0.717) is 16.5 Å². The fourth-order valence-electron chi connectivity index (χ4n) is 4.68. The molecule has 3 N–H and O–H groups in total. The number of hydrogen-bond donors (Lipinski definition) is 3. The lowest BCUT2D eigenvalue weighted by molar-refractivity contribution is -0.119. The Labute approximate surface area is 225 Å². The van der Waals surface area contributed by atoms with Crippen LogP contribution in [0.1, 0.15) is 23.5 Å². The van der Waals surface area contributed by atoms with Gasteiger partial charge in [-0.25, -0.2) is 0 Å². The highest BCUT2D eigenvalue weighted by Gasteiger charge is 2.42. The van der Waals surface area contributed by atoms with Crippen molar-refractivity contribution in [2.75, 3.05) is 31.0 Å². The predicted octanol–water partition coefficient (Wildman–Crippen LogP) is 4.35. The summed E-state index contributed by atoms with van der Waals surface area (Å²) in [5.74, 6) is 0.413. The molecular weight excluding hydrogens is 502 g/mol. The first-order valence-corrected chi connectivity index (χ1v) is 12.3. The number of ether oxygens (including phenoxy) is 2. The van der Waals surface area contributed by atoms with Crippen molar-refractivity contribution >= 4 is 34.6 Å². The summed E-state index contributed by atoms with van der Waals surface area (Å²) in [6, 6.07) is 21.8. The Morgan fingerprint density at radius 3 is 2.58 bits per heavy atom. The van der Waals surface area contributed by atoms with E-state index in [9.17, 15) is 9.90 Å². The topological polar surface area (TPSA) is 101 Å². The number of phenolic OH excluding ortho intramolecular Hbond substituents is 1. The van der Waals surface area contributed by atoms with Crippen LogP contribution in [0, 0.1) is 0 Å². The maximum Gasteiger partial charge on any atom is 0.250 e. The van der Waals surface area contributed by atoms with Crippen molar-refractivity contribution in [3.05, 3.63) is 96.6 Å². The number of hydrogen-bond acceptors (Lipinski definition) is 6. The summed E-state index contributed by atoms with van der Waals surface area (Å²) >= 11 is 5.87. The Morgan fingerprint density at radius 2 is 1.87 bits per heavy atom. The number of benzene rings is 2. The van der Waals surface area contributed by atoms with Crippen LogP contribution in [0.2, 0.25) is 0 Å². The monoisotopic (exact) mass is 529 g/mol. The number of nitrogens with zero attached hydrogens (tertiary/aromatic N) is 3. The molecular formula is C28H27N5O4S. The van der Waals surface area contributed by atoms with Crippen LogP contribution in [0.5, 0.6) is 11.5 Å². The molecule has 0 radical (unpaired) electrons. The maximum absolute atomic E-state index is 12.3. The van der Waals surface area contributed by atoms with E-state index < -0.39 is 0 Å². The van der Waals surface area contributed by atoms with Gasteiger partial charge in [-0.3, -0.25) is 9.78 Å². The van der Waals surface area contributed by atoms with Gasteiger partial charge in [0, 0.05) is 36.6 Å². The van der Waals surface area contributed by atoms with Gasteiger partial charge in [0.25, 0.3) is 0 Å².